The van der Waals surface area contributed by atoms with Crippen molar-refractivity contribution < 1.29 is 13.9 Å². The van der Waals surface area contributed by atoms with Crippen LogP contribution in [0.4, 0.5) is 0 Å². The number of benzene rings is 3. The van der Waals surface area contributed by atoms with E-state index in [0.717, 1.165) is 5.56 Å². The largest absolute Gasteiger partial charge is 0.422 e. The fourth-order valence-corrected chi connectivity index (χ4v) is 3.34. The van der Waals surface area contributed by atoms with E-state index < -0.39 is 11.6 Å². The Morgan fingerprint density at radius 3 is 2.13 bits per heavy atom. The van der Waals surface area contributed by atoms with Gasteiger partial charge in [0, 0.05) is 0 Å². The van der Waals surface area contributed by atoms with Crippen molar-refractivity contribution in [3.63, 3.8) is 0 Å². The molecule has 0 atom stereocenters. The molecule has 1 aromatic heterocycles. The van der Waals surface area contributed by atoms with Crippen molar-refractivity contribution in [2.75, 3.05) is 0 Å². The predicted molar refractivity (Wildman–Crippen MR) is 118 cm³/mol. The van der Waals surface area contributed by atoms with Crippen LogP contribution < -0.4 is 10.4 Å². The molecule has 4 aromatic rings. The van der Waals surface area contributed by atoms with Gasteiger partial charge < -0.3 is 9.15 Å². The van der Waals surface area contributed by atoms with Crippen LogP contribution in [0.15, 0.2) is 88.1 Å². The van der Waals surface area contributed by atoms with Gasteiger partial charge in [-0.2, -0.15) is 0 Å². The molecular formula is C26H22O4. The molecule has 4 rings (SSSR count). The number of hydrogen-bond acceptors (Lipinski definition) is 4. The number of para-hydroxylation sites is 1. The molecule has 0 saturated carbocycles. The van der Waals surface area contributed by atoms with E-state index in [-0.39, 0.29) is 16.7 Å². The van der Waals surface area contributed by atoms with Crippen molar-refractivity contribution in [1.82, 2.24) is 0 Å². The fourth-order valence-electron chi connectivity index (χ4n) is 3.34. The number of carbonyl (C=O) groups is 1. The number of carbonyl (C=O) groups excluding carboxylic acids is 1. The average molecular weight is 398 g/mol. The van der Waals surface area contributed by atoms with E-state index in [1.54, 1.807) is 42.5 Å². The molecule has 0 fully saturated rings. The molecule has 0 bridgehead atoms. The van der Waals surface area contributed by atoms with E-state index in [2.05, 4.69) is 20.8 Å². The number of hydrogen-bond donors (Lipinski definition) is 0. The fraction of sp³-hybridized carbons (Fsp3) is 0.154. The summed E-state index contributed by atoms with van der Waals surface area (Å²) in [6.45, 7) is 6.34. The highest BCUT2D eigenvalue weighted by Gasteiger charge is 2.21. The Morgan fingerprint density at radius 1 is 0.833 bits per heavy atom. The molecule has 0 saturated heterocycles. The quantitative estimate of drug-likeness (QED) is 0.315. The molecule has 4 nitrogen and oxygen atoms in total. The lowest BCUT2D eigenvalue weighted by atomic mass is 9.87. The first-order valence-electron chi connectivity index (χ1n) is 9.78. The van der Waals surface area contributed by atoms with Crippen LogP contribution in [0, 0.1) is 0 Å². The van der Waals surface area contributed by atoms with Gasteiger partial charge in [0.1, 0.15) is 11.1 Å². The van der Waals surface area contributed by atoms with E-state index in [0.29, 0.717) is 22.1 Å². The Bertz CT molecular complexity index is 1260. The van der Waals surface area contributed by atoms with Gasteiger partial charge in [-0.3, -0.25) is 0 Å². The second kappa shape index (κ2) is 7.64. The molecular weight excluding hydrogens is 376 g/mol. The molecule has 150 valence electrons. The zero-order valence-corrected chi connectivity index (χ0v) is 17.1. The molecule has 0 aliphatic heterocycles. The number of rotatable bonds is 3. The highest BCUT2D eigenvalue weighted by Crippen LogP contribution is 2.34. The van der Waals surface area contributed by atoms with Crippen molar-refractivity contribution in [3.8, 4) is 16.9 Å². The Labute approximate surface area is 174 Å². The molecule has 1 heterocycles. The van der Waals surface area contributed by atoms with Gasteiger partial charge in [0.25, 0.3) is 0 Å². The third-order valence-corrected chi connectivity index (χ3v) is 5.01. The minimum absolute atomic E-state index is 0.0164. The third-order valence-electron chi connectivity index (χ3n) is 5.01. The van der Waals surface area contributed by atoms with Gasteiger partial charge in [-0.1, -0.05) is 75.4 Å². The average Bonchev–Trinajstić information content (AvgIpc) is 2.74. The maximum absolute atomic E-state index is 13.0. The molecule has 3 aromatic carbocycles. The van der Waals surface area contributed by atoms with Crippen LogP contribution in [0.3, 0.4) is 0 Å². The summed E-state index contributed by atoms with van der Waals surface area (Å²) < 4.78 is 11.3. The van der Waals surface area contributed by atoms with Gasteiger partial charge in [0.05, 0.1) is 10.9 Å². The zero-order valence-electron chi connectivity index (χ0n) is 17.1. The molecule has 0 unspecified atom stereocenters. The van der Waals surface area contributed by atoms with Crippen LogP contribution in [0.5, 0.6) is 5.75 Å². The molecule has 0 aliphatic rings. The predicted octanol–water partition coefficient (Wildman–Crippen LogP) is 5.98. The van der Waals surface area contributed by atoms with Crippen LogP contribution in [0.2, 0.25) is 0 Å². The minimum Gasteiger partial charge on any atom is -0.422 e. The SMILES string of the molecule is CC(C)(C)c1ccc(C(=O)Oc2c(-c3ccccc3)c(=O)oc3ccccc23)cc1. The summed E-state index contributed by atoms with van der Waals surface area (Å²) >= 11 is 0. The van der Waals surface area contributed by atoms with Crippen molar-refractivity contribution >= 4 is 16.9 Å². The minimum atomic E-state index is -0.550. The van der Waals surface area contributed by atoms with Gasteiger partial charge in [-0.15, -0.1) is 0 Å². The van der Waals surface area contributed by atoms with Gasteiger partial charge in [-0.05, 0) is 40.8 Å². The molecule has 4 heteroatoms. The van der Waals surface area contributed by atoms with E-state index >= 15 is 0 Å². The monoisotopic (exact) mass is 398 g/mol. The molecule has 0 amide bonds. The summed E-state index contributed by atoms with van der Waals surface area (Å²) in [5.41, 5.74) is 2.20. The van der Waals surface area contributed by atoms with E-state index in [1.165, 1.54) is 0 Å². The summed E-state index contributed by atoms with van der Waals surface area (Å²) in [4.78, 5) is 25.7. The smallest absolute Gasteiger partial charge is 0.348 e. The maximum Gasteiger partial charge on any atom is 0.348 e. The summed E-state index contributed by atoms with van der Waals surface area (Å²) in [7, 11) is 0. The van der Waals surface area contributed by atoms with Crippen molar-refractivity contribution in [3.05, 3.63) is 100 Å². The molecule has 0 spiro atoms. The molecule has 0 radical (unpaired) electrons. The first-order chi connectivity index (χ1) is 14.3. The number of ether oxygens (including phenoxy) is 1. The lowest BCUT2D eigenvalue weighted by Gasteiger charge is -2.19. The Kier molecular flexibility index (Phi) is 5.00. The number of fused-ring (bicyclic) bond motifs is 1. The summed E-state index contributed by atoms with van der Waals surface area (Å²) in [6, 6.07) is 23.5. The molecule has 0 aliphatic carbocycles. The molecule has 30 heavy (non-hydrogen) atoms. The third kappa shape index (κ3) is 3.77. The zero-order chi connectivity index (χ0) is 21.3. The molecule has 0 N–H and O–H groups in total. The Hall–Kier alpha value is -3.66. The van der Waals surface area contributed by atoms with Crippen LogP contribution in [0.1, 0.15) is 36.7 Å². The number of esters is 1. The van der Waals surface area contributed by atoms with Gasteiger partial charge in [-0.25, -0.2) is 9.59 Å². The van der Waals surface area contributed by atoms with E-state index in [9.17, 15) is 9.59 Å². The topological polar surface area (TPSA) is 56.5 Å². The summed E-state index contributed by atoms with van der Waals surface area (Å²) in [5, 5.41) is 0.565. The second-order valence-electron chi connectivity index (χ2n) is 8.17. The first-order valence-corrected chi connectivity index (χ1v) is 9.78. The van der Waals surface area contributed by atoms with Gasteiger partial charge >= 0.3 is 11.6 Å². The van der Waals surface area contributed by atoms with Gasteiger partial charge in [0.2, 0.25) is 0 Å². The van der Waals surface area contributed by atoms with Crippen molar-refractivity contribution in [2.45, 2.75) is 26.2 Å². The second-order valence-corrected chi connectivity index (χ2v) is 8.17. The van der Waals surface area contributed by atoms with Crippen molar-refractivity contribution in [1.29, 1.82) is 0 Å². The van der Waals surface area contributed by atoms with Crippen LogP contribution in [0.25, 0.3) is 22.1 Å². The van der Waals surface area contributed by atoms with Gasteiger partial charge in [0.15, 0.2) is 5.75 Å². The normalized spacial score (nSPS) is 11.4. The lowest BCUT2D eigenvalue weighted by Crippen LogP contribution is -2.15. The summed E-state index contributed by atoms with van der Waals surface area (Å²) in [6.07, 6.45) is 0. The Balaban J connectivity index is 1.82. The van der Waals surface area contributed by atoms with E-state index in [1.807, 2.05) is 36.4 Å². The van der Waals surface area contributed by atoms with Crippen LogP contribution >= 0.6 is 0 Å². The Morgan fingerprint density at radius 2 is 1.47 bits per heavy atom. The van der Waals surface area contributed by atoms with Crippen molar-refractivity contribution in [2.24, 2.45) is 0 Å². The highest BCUT2D eigenvalue weighted by atomic mass is 16.5. The maximum atomic E-state index is 13.0. The van der Waals surface area contributed by atoms with E-state index in [4.69, 9.17) is 9.15 Å². The lowest BCUT2D eigenvalue weighted by molar-refractivity contribution is 0.0737. The first kappa shape index (κ1) is 19.6. The van der Waals surface area contributed by atoms with Crippen LogP contribution in [-0.2, 0) is 5.41 Å². The standard InChI is InChI=1S/C26H22O4/c1-26(2,3)19-15-13-18(14-16-19)24(27)30-23-20-11-7-8-12-21(20)29-25(28)22(23)17-9-5-4-6-10-17/h4-16H,1-3H3. The van der Waals surface area contributed by atoms with Crippen LogP contribution in [-0.4, -0.2) is 5.97 Å². The summed E-state index contributed by atoms with van der Waals surface area (Å²) in [5.74, 6) is -0.318. The highest BCUT2D eigenvalue weighted by molar-refractivity contribution is 5.97.